The minimum Gasteiger partial charge on any atom is -0.496 e. The molecule has 1 atom stereocenters. The molecule has 2 heterocycles. The molecule has 1 aromatic heterocycles. The summed E-state index contributed by atoms with van der Waals surface area (Å²) in [5.74, 6) is 1.40. The number of imidazole rings is 1. The highest BCUT2D eigenvalue weighted by Gasteiger charge is 2.29. The SMILES string of the molecule is COc1cccc2c1CCC2NC(=O)N1CCC(c2cnc[nH]2)CC1. The monoisotopic (exact) mass is 340 g/mol. The summed E-state index contributed by atoms with van der Waals surface area (Å²) in [4.78, 5) is 21.9. The van der Waals surface area contributed by atoms with Crippen molar-refractivity contribution in [3.05, 3.63) is 47.5 Å². The normalized spacial score (nSPS) is 20.4. The molecule has 1 aromatic carbocycles. The lowest BCUT2D eigenvalue weighted by atomic mass is 9.94. The zero-order valence-electron chi connectivity index (χ0n) is 14.5. The number of carbonyl (C=O) groups is 1. The van der Waals surface area contributed by atoms with Gasteiger partial charge in [-0.2, -0.15) is 0 Å². The van der Waals surface area contributed by atoms with Gasteiger partial charge in [0.25, 0.3) is 0 Å². The molecular formula is C19H24N4O2. The highest BCUT2D eigenvalue weighted by Crippen LogP contribution is 2.37. The summed E-state index contributed by atoms with van der Waals surface area (Å²) in [7, 11) is 1.70. The van der Waals surface area contributed by atoms with E-state index in [9.17, 15) is 4.79 Å². The molecule has 0 bridgehead atoms. The van der Waals surface area contributed by atoms with Crippen molar-refractivity contribution in [1.29, 1.82) is 0 Å². The fourth-order valence-electron chi connectivity index (χ4n) is 4.09. The van der Waals surface area contributed by atoms with Gasteiger partial charge in [0.15, 0.2) is 0 Å². The molecule has 1 aliphatic carbocycles. The van der Waals surface area contributed by atoms with Crippen LogP contribution < -0.4 is 10.1 Å². The molecule has 1 aliphatic heterocycles. The highest BCUT2D eigenvalue weighted by atomic mass is 16.5. The lowest BCUT2D eigenvalue weighted by Gasteiger charge is -2.32. The van der Waals surface area contributed by atoms with Gasteiger partial charge >= 0.3 is 6.03 Å². The Labute approximate surface area is 147 Å². The molecule has 1 saturated heterocycles. The minimum atomic E-state index is 0.0451. The molecule has 2 aromatic rings. The number of urea groups is 1. The smallest absolute Gasteiger partial charge is 0.317 e. The molecule has 0 saturated carbocycles. The topological polar surface area (TPSA) is 70.2 Å². The van der Waals surface area contributed by atoms with Gasteiger partial charge in [0.2, 0.25) is 0 Å². The molecule has 0 radical (unpaired) electrons. The Balaban J connectivity index is 1.37. The molecule has 2 N–H and O–H groups in total. The molecule has 1 fully saturated rings. The van der Waals surface area contributed by atoms with Crippen LogP contribution in [0.1, 0.15) is 48.0 Å². The van der Waals surface area contributed by atoms with Gasteiger partial charge in [0.1, 0.15) is 5.75 Å². The molecule has 4 rings (SSSR count). The third kappa shape index (κ3) is 3.08. The van der Waals surface area contributed by atoms with Gasteiger partial charge in [-0.05, 0) is 42.9 Å². The number of hydrogen-bond donors (Lipinski definition) is 2. The number of aromatic nitrogens is 2. The summed E-state index contributed by atoms with van der Waals surface area (Å²) < 4.78 is 5.44. The average Bonchev–Trinajstić information content (AvgIpc) is 3.32. The summed E-state index contributed by atoms with van der Waals surface area (Å²) in [6.45, 7) is 1.57. The first kappa shape index (κ1) is 16.0. The number of rotatable bonds is 3. The molecular weight excluding hydrogens is 316 g/mol. The number of nitrogens with one attached hydrogen (secondary N) is 2. The number of nitrogens with zero attached hydrogens (tertiary/aromatic N) is 2. The van der Waals surface area contributed by atoms with Crippen molar-refractivity contribution in [2.75, 3.05) is 20.2 Å². The second kappa shape index (κ2) is 6.78. The Bertz CT molecular complexity index is 736. The number of piperidine rings is 1. The average molecular weight is 340 g/mol. The Morgan fingerprint density at radius 3 is 2.88 bits per heavy atom. The predicted molar refractivity (Wildman–Crippen MR) is 94.7 cm³/mol. The summed E-state index contributed by atoms with van der Waals surface area (Å²) in [6, 6.07) is 6.22. The number of amides is 2. The van der Waals surface area contributed by atoms with Gasteiger partial charge in [-0.1, -0.05) is 12.1 Å². The number of carbonyl (C=O) groups excluding carboxylic acids is 1. The van der Waals surface area contributed by atoms with Crippen LogP contribution in [0.2, 0.25) is 0 Å². The third-order valence-corrected chi connectivity index (χ3v) is 5.49. The molecule has 1 unspecified atom stereocenters. The Morgan fingerprint density at radius 2 is 2.16 bits per heavy atom. The van der Waals surface area contributed by atoms with Crippen molar-refractivity contribution in [3.8, 4) is 5.75 Å². The van der Waals surface area contributed by atoms with E-state index in [4.69, 9.17) is 4.74 Å². The van der Waals surface area contributed by atoms with Crippen LogP contribution >= 0.6 is 0 Å². The highest BCUT2D eigenvalue weighted by molar-refractivity contribution is 5.75. The van der Waals surface area contributed by atoms with Gasteiger partial charge in [-0.3, -0.25) is 0 Å². The van der Waals surface area contributed by atoms with Gasteiger partial charge in [0, 0.05) is 30.9 Å². The van der Waals surface area contributed by atoms with E-state index in [1.54, 1.807) is 13.4 Å². The van der Waals surface area contributed by atoms with Gasteiger partial charge in [0.05, 0.1) is 19.5 Å². The van der Waals surface area contributed by atoms with Crippen LogP contribution in [0.3, 0.4) is 0 Å². The van der Waals surface area contributed by atoms with Crippen LogP contribution in [-0.2, 0) is 6.42 Å². The lowest BCUT2D eigenvalue weighted by Crippen LogP contribution is -2.45. The van der Waals surface area contributed by atoms with Crippen molar-refractivity contribution >= 4 is 6.03 Å². The molecule has 132 valence electrons. The van der Waals surface area contributed by atoms with Crippen LogP contribution in [0.15, 0.2) is 30.7 Å². The summed E-state index contributed by atoms with van der Waals surface area (Å²) in [6.07, 6.45) is 7.46. The van der Waals surface area contributed by atoms with Gasteiger partial charge < -0.3 is 19.9 Å². The number of likely N-dealkylation sites (tertiary alicyclic amines) is 1. The zero-order chi connectivity index (χ0) is 17.2. The zero-order valence-corrected chi connectivity index (χ0v) is 14.5. The second-order valence-electron chi connectivity index (χ2n) is 6.84. The van der Waals surface area contributed by atoms with E-state index < -0.39 is 0 Å². The maximum absolute atomic E-state index is 12.7. The first-order valence-electron chi connectivity index (χ1n) is 8.95. The number of H-pyrrole nitrogens is 1. The maximum atomic E-state index is 12.7. The first-order chi connectivity index (χ1) is 12.3. The third-order valence-electron chi connectivity index (χ3n) is 5.49. The van der Waals surface area contributed by atoms with E-state index in [-0.39, 0.29) is 12.1 Å². The first-order valence-corrected chi connectivity index (χ1v) is 8.95. The van der Waals surface area contributed by atoms with Crippen molar-refractivity contribution < 1.29 is 9.53 Å². The molecule has 6 heteroatoms. The summed E-state index contributed by atoms with van der Waals surface area (Å²) >= 11 is 0. The number of hydrogen-bond acceptors (Lipinski definition) is 3. The molecule has 2 amide bonds. The van der Waals surface area contributed by atoms with Crippen LogP contribution in [0.4, 0.5) is 4.79 Å². The number of ether oxygens (including phenoxy) is 1. The second-order valence-corrected chi connectivity index (χ2v) is 6.84. The number of methoxy groups -OCH3 is 1. The van der Waals surface area contributed by atoms with Gasteiger partial charge in [-0.15, -0.1) is 0 Å². The van der Waals surface area contributed by atoms with Crippen molar-refractivity contribution in [2.24, 2.45) is 0 Å². The number of fused-ring (bicyclic) bond motifs is 1. The summed E-state index contributed by atoms with van der Waals surface area (Å²) in [5, 5.41) is 3.22. The Kier molecular flexibility index (Phi) is 4.34. The predicted octanol–water partition coefficient (Wildman–Crippen LogP) is 2.99. The van der Waals surface area contributed by atoms with Crippen molar-refractivity contribution in [1.82, 2.24) is 20.2 Å². The number of benzene rings is 1. The quantitative estimate of drug-likeness (QED) is 0.902. The van der Waals surface area contributed by atoms with E-state index in [0.717, 1.165) is 44.5 Å². The van der Waals surface area contributed by atoms with Crippen LogP contribution in [0.5, 0.6) is 5.75 Å². The molecule has 6 nitrogen and oxygen atoms in total. The Morgan fingerprint density at radius 1 is 1.32 bits per heavy atom. The van der Waals surface area contributed by atoms with Crippen molar-refractivity contribution in [3.63, 3.8) is 0 Å². The van der Waals surface area contributed by atoms with E-state index in [0.29, 0.717) is 5.92 Å². The fraction of sp³-hybridized carbons (Fsp3) is 0.474. The van der Waals surface area contributed by atoms with E-state index in [1.807, 2.05) is 23.2 Å². The van der Waals surface area contributed by atoms with E-state index in [2.05, 4.69) is 21.4 Å². The minimum absolute atomic E-state index is 0.0451. The van der Waals surface area contributed by atoms with E-state index >= 15 is 0 Å². The Hall–Kier alpha value is -2.50. The largest absolute Gasteiger partial charge is 0.496 e. The molecule has 2 aliphatic rings. The lowest BCUT2D eigenvalue weighted by molar-refractivity contribution is 0.177. The molecule has 25 heavy (non-hydrogen) atoms. The molecule has 0 spiro atoms. The van der Waals surface area contributed by atoms with Gasteiger partial charge in [-0.25, -0.2) is 9.78 Å². The van der Waals surface area contributed by atoms with Crippen molar-refractivity contribution in [2.45, 2.75) is 37.6 Å². The van der Waals surface area contributed by atoms with Crippen LogP contribution in [0.25, 0.3) is 0 Å². The van der Waals surface area contributed by atoms with Crippen LogP contribution in [0, 0.1) is 0 Å². The summed E-state index contributed by atoms with van der Waals surface area (Å²) in [5.41, 5.74) is 3.60. The number of aromatic amines is 1. The van der Waals surface area contributed by atoms with E-state index in [1.165, 1.54) is 16.8 Å². The van der Waals surface area contributed by atoms with Crippen LogP contribution in [-0.4, -0.2) is 41.1 Å². The fourth-order valence-corrected chi connectivity index (χ4v) is 4.09. The maximum Gasteiger partial charge on any atom is 0.317 e. The standard InChI is InChI=1S/C19H24N4O2/c1-25-18-4-2-3-14-15(18)5-6-16(14)22-19(24)23-9-7-13(8-10-23)17-11-20-12-21-17/h2-4,11-13,16H,5-10H2,1H3,(H,20,21)(H,22,24).